The van der Waals surface area contributed by atoms with E-state index in [0.29, 0.717) is 0 Å². The lowest BCUT2D eigenvalue weighted by molar-refractivity contribution is -0.145. The molecule has 0 aliphatic carbocycles. The van der Waals surface area contributed by atoms with Crippen LogP contribution in [0.2, 0.25) is 0 Å². The minimum Gasteiger partial charge on any atom is -0.506 e. The first-order valence-electron chi connectivity index (χ1n) is 6.46. The number of hydrogen-bond donors (Lipinski definition) is 6. The normalized spacial score (nSPS) is 14.5. The number of pyridine rings is 1. The van der Waals surface area contributed by atoms with Gasteiger partial charge in [-0.25, -0.2) is 4.57 Å². The molecule has 130 valence electrons. The highest BCUT2D eigenvalue weighted by molar-refractivity contribution is 7.46. The highest BCUT2D eigenvalue weighted by atomic mass is 31.2. The standard InChI is InChI=1S/C12H19N2O8P/c1-7-10(16)9(4-14-12(2,6-15)11(17)18)8(3-13-7)5-22-23(19,20)21/h3,14-16H,4-6H2,1-2H3,(H,17,18)(H2,19,20,21)/t12-/m0/s1. The van der Waals surface area contributed by atoms with Gasteiger partial charge in [0.1, 0.15) is 11.3 Å². The van der Waals surface area contributed by atoms with Crippen LogP contribution < -0.4 is 5.32 Å². The number of carbonyl (C=O) groups is 1. The van der Waals surface area contributed by atoms with Gasteiger partial charge < -0.3 is 25.1 Å². The third-order valence-corrected chi connectivity index (χ3v) is 3.73. The molecule has 1 rings (SSSR count). The van der Waals surface area contributed by atoms with Crippen LogP contribution in [0, 0.1) is 6.92 Å². The SMILES string of the molecule is Cc1ncc(COP(=O)(O)O)c(CN[C@@](C)(CO)C(=O)O)c1O. The van der Waals surface area contributed by atoms with Gasteiger partial charge in [0, 0.05) is 23.9 Å². The Kier molecular flexibility index (Phi) is 6.23. The maximum Gasteiger partial charge on any atom is 0.469 e. The topological polar surface area (TPSA) is 169 Å². The van der Waals surface area contributed by atoms with Crippen LogP contribution in [0.3, 0.4) is 0 Å². The number of rotatable bonds is 8. The number of carboxylic acids is 1. The number of aliphatic hydroxyl groups is 1. The molecule has 11 heteroatoms. The van der Waals surface area contributed by atoms with Crippen molar-refractivity contribution in [2.45, 2.75) is 32.5 Å². The minimum absolute atomic E-state index is 0.173. The van der Waals surface area contributed by atoms with Crippen LogP contribution in [0.15, 0.2) is 6.20 Å². The van der Waals surface area contributed by atoms with Gasteiger partial charge in [-0.3, -0.25) is 19.6 Å². The Balaban J connectivity index is 3.06. The van der Waals surface area contributed by atoms with E-state index in [1.807, 2.05) is 0 Å². The van der Waals surface area contributed by atoms with E-state index in [2.05, 4.69) is 14.8 Å². The van der Waals surface area contributed by atoms with E-state index in [1.165, 1.54) is 20.0 Å². The lowest BCUT2D eigenvalue weighted by Crippen LogP contribution is -2.52. The Bertz CT molecular complexity index is 632. The number of aryl methyl sites for hydroxylation is 1. The monoisotopic (exact) mass is 350 g/mol. The molecule has 1 aromatic rings. The van der Waals surface area contributed by atoms with E-state index in [-0.39, 0.29) is 29.1 Å². The molecule has 6 N–H and O–H groups in total. The van der Waals surface area contributed by atoms with Crippen molar-refractivity contribution in [3.8, 4) is 5.75 Å². The largest absolute Gasteiger partial charge is 0.506 e. The van der Waals surface area contributed by atoms with Crippen molar-refractivity contribution in [2.75, 3.05) is 6.61 Å². The molecule has 0 saturated heterocycles. The second-order valence-corrected chi connectivity index (χ2v) is 6.35. The van der Waals surface area contributed by atoms with Crippen LogP contribution in [-0.4, -0.2) is 48.2 Å². The van der Waals surface area contributed by atoms with Gasteiger partial charge in [0.05, 0.1) is 18.9 Å². The third kappa shape index (κ3) is 5.24. The number of aliphatic carboxylic acids is 1. The van der Waals surface area contributed by atoms with Gasteiger partial charge >= 0.3 is 13.8 Å². The number of nitrogens with zero attached hydrogens (tertiary/aromatic N) is 1. The van der Waals surface area contributed by atoms with Gasteiger partial charge in [-0.1, -0.05) is 0 Å². The molecular formula is C12H19N2O8P. The van der Waals surface area contributed by atoms with E-state index in [1.54, 1.807) is 0 Å². The Hall–Kier alpha value is -1.55. The summed E-state index contributed by atoms with van der Waals surface area (Å²) in [7, 11) is -4.71. The van der Waals surface area contributed by atoms with Crippen molar-refractivity contribution in [2.24, 2.45) is 0 Å². The van der Waals surface area contributed by atoms with Crippen LogP contribution in [0.25, 0.3) is 0 Å². The molecule has 0 aromatic carbocycles. The molecule has 0 bridgehead atoms. The Labute approximate surface area is 132 Å². The summed E-state index contributed by atoms with van der Waals surface area (Å²) in [6.07, 6.45) is 1.26. The summed E-state index contributed by atoms with van der Waals surface area (Å²) in [4.78, 5) is 32.5. The highest BCUT2D eigenvalue weighted by Crippen LogP contribution is 2.38. The van der Waals surface area contributed by atoms with Gasteiger partial charge in [0.2, 0.25) is 0 Å². The Morgan fingerprint density at radius 3 is 2.57 bits per heavy atom. The molecule has 0 amide bonds. The number of carboxylic acid groups (broad SMARTS) is 1. The lowest BCUT2D eigenvalue weighted by atomic mass is 10.0. The van der Waals surface area contributed by atoms with Crippen molar-refractivity contribution in [3.05, 3.63) is 23.0 Å². The first-order chi connectivity index (χ1) is 10.5. The molecule has 1 heterocycles. The van der Waals surface area contributed by atoms with Crippen molar-refractivity contribution < 1.29 is 39.0 Å². The Morgan fingerprint density at radius 1 is 1.48 bits per heavy atom. The zero-order chi connectivity index (χ0) is 17.8. The van der Waals surface area contributed by atoms with Crippen molar-refractivity contribution in [3.63, 3.8) is 0 Å². The van der Waals surface area contributed by atoms with E-state index >= 15 is 0 Å². The quantitative estimate of drug-likeness (QED) is 0.340. The zero-order valence-electron chi connectivity index (χ0n) is 12.6. The van der Waals surface area contributed by atoms with Crippen LogP contribution in [0.4, 0.5) is 0 Å². The van der Waals surface area contributed by atoms with E-state index in [4.69, 9.17) is 14.9 Å². The van der Waals surface area contributed by atoms with Crippen molar-refractivity contribution in [1.82, 2.24) is 10.3 Å². The second-order valence-electron chi connectivity index (χ2n) is 5.11. The maximum atomic E-state index is 11.1. The number of nitrogens with one attached hydrogen (secondary N) is 1. The fourth-order valence-electron chi connectivity index (χ4n) is 1.64. The number of phosphoric ester groups is 1. The molecule has 0 spiro atoms. The van der Waals surface area contributed by atoms with Gasteiger partial charge in [0.15, 0.2) is 0 Å². The molecule has 23 heavy (non-hydrogen) atoms. The second kappa shape index (κ2) is 7.35. The summed E-state index contributed by atoms with van der Waals surface area (Å²) < 4.78 is 15.2. The molecule has 1 atom stereocenters. The average Bonchev–Trinajstić information content (AvgIpc) is 2.46. The number of aromatic hydroxyl groups is 1. The van der Waals surface area contributed by atoms with E-state index in [9.17, 15) is 19.6 Å². The molecule has 0 saturated carbocycles. The smallest absolute Gasteiger partial charge is 0.469 e. The summed E-state index contributed by atoms with van der Waals surface area (Å²) in [6, 6.07) is 0. The zero-order valence-corrected chi connectivity index (χ0v) is 13.4. The first-order valence-corrected chi connectivity index (χ1v) is 7.99. The predicted molar refractivity (Wildman–Crippen MR) is 77.4 cm³/mol. The van der Waals surface area contributed by atoms with Crippen LogP contribution in [-0.2, 0) is 27.0 Å². The van der Waals surface area contributed by atoms with Crippen LogP contribution >= 0.6 is 7.82 Å². The highest BCUT2D eigenvalue weighted by Gasteiger charge is 2.32. The van der Waals surface area contributed by atoms with Crippen molar-refractivity contribution in [1.29, 1.82) is 0 Å². The van der Waals surface area contributed by atoms with Gasteiger partial charge in [-0.15, -0.1) is 0 Å². The number of aromatic nitrogens is 1. The van der Waals surface area contributed by atoms with E-state index in [0.717, 1.165) is 0 Å². The molecule has 0 aliphatic heterocycles. The first kappa shape index (κ1) is 19.5. The maximum absolute atomic E-state index is 11.1. The fraction of sp³-hybridized carbons (Fsp3) is 0.500. The van der Waals surface area contributed by atoms with Gasteiger partial charge in [0.25, 0.3) is 0 Å². The molecular weight excluding hydrogens is 331 g/mol. The molecule has 0 unspecified atom stereocenters. The molecule has 0 fully saturated rings. The summed E-state index contributed by atoms with van der Waals surface area (Å²) in [5.74, 6) is -1.55. The summed E-state index contributed by atoms with van der Waals surface area (Å²) in [6.45, 7) is 1.37. The molecule has 10 nitrogen and oxygen atoms in total. The fourth-order valence-corrected chi connectivity index (χ4v) is 1.95. The van der Waals surface area contributed by atoms with Crippen LogP contribution in [0.1, 0.15) is 23.7 Å². The lowest BCUT2D eigenvalue weighted by Gasteiger charge is -2.25. The van der Waals surface area contributed by atoms with E-state index < -0.39 is 32.5 Å². The Morgan fingerprint density at radius 2 is 2.09 bits per heavy atom. The van der Waals surface area contributed by atoms with Gasteiger partial charge in [-0.05, 0) is 13.8 Å². The number of aliphatic hydroxyl groups excluding tert-OH is 1. The number of phosphoric acid groups is 1. The summed E-state index contributed by atoms with van der Waals surface area (Å²) >= 11 is 0. The predicted octanol–water partition coefficient (Wildman–Crippen LogP) is -0.370. The van der Waals surface area contributed by atoms with Crippen LogP contribution in [0.5, 0.6) is 5.75 Å². The summed E-state index contributed by atoms with van der Waals surface area (Å²) in [5, 5.41) is 30.9. The van der Waals surface area contributed by atoms with Crippen molar-refractivity contribution >= 4 is 13.8 Å². The van der Waals surface area contributed by atoms with Gasteiger partial charge in [-0.2, -0.15) is 0 Å². The average molecular weight is 350 g/mol. The third-order valence-electron chi connectivity index (χ3n) is 3.26. The molecule has 0 radical (unpaired) electrons. The summed E-state index contributed by atoms with van der Waals surface area (Å²) in [5.41, 5.74) is -1.05. The molecule has 0 aliphatic rings. The minimum atomic E-state index is -4.71. The molecule has 1 aromatic heterocycles. The number of hydrogen-bond acceptors (Lipinski definition) is 7.